The summed E-state index contributed by atoms with van der Waals surface area (Å²) in [5.41, 5.74) is 0.180. The molecule has 1 fully saturated rings. The Bertz CT molecular complexity index is 946. The van der Waals surface area contributed by atoms with Gasteiger partial charge in [-0.3, -0.25) is 19.0 Å². The maximum absolute atomic E-state index is 12.6. The Kier molecular flexibility index (Phi) is 6.29. The molecule has 0 spiro atoms. The molecule has 0 aliphatic carbocycles. The van der Waals surface area contributed by atoms with Crippen molar-refractivity contribution in [3.63, 3.8) is 0 Å². The molecule has 1 aromatic carbocycles. The number of Topliss-reactive ketones (excluding diaryl/α,β-unsaturated/α-hetero) is 1. The van der Waals surface area contributed by atoms with Crippen molar-refractivity contribution in [3.8, 4) is 0 Å². The molecule has 27 heavy (non-hydrogen) atoms. The first-order valence-electron chi connectivity index (χ1n) is 8.61. The van der Waals surface area contributed by atoms with E-state index in [2.05, 4.69) is 26.2 Å². The second kappa shape index (κ2) is 8.50. The largest absolute Gasteiger partial charge is 0.461 e. The van der Waals surface area contributed by atoms with Crippen molar-refractivity contribution in [1.29, 1.82) is 0 Å². The van der Waals surface area contributed by atoms with Gasteiger partial charge in [0.25, 0.3) is 5.56 Å². The summed E-state index contributed by atoms with van der Waals surface area (Å²) in [6, 6.07) is 2.96. The van der Waals surface area contributed by atoms with E-state index in [0.29, 0.717) is 20.4 Å². The van der Waals surface area contributed by atoms with Crippen molar-refractivity contribution < 1.29 is 14.3 Å². The molecule has 2 aromatic rings. The van der Waals surface area contributed by atoms with Crippen LogP contribution in [0, 0.1) is 0 Å². The second-order valence-corrected chi connectivity index (χ2v) is 7.82. The number of halogens is 2. The van der Waals surface area contributed by atoms with E-state index in [0.717, 1.165) is 19.4 Å². The first-order chi connectivity index (χ1) is 12.8. The topological polar surface area (TPSA) is 90.3 Å². The molecular formula is C18H19BrClN3O4. The van der Waals surface area contributed by atoms with Crippen molar-refractivity contribution in [3.05, 3.63) is 38.3 Å². The number of ketones is 1. The zero-order valence-electron chi connectivity index (χ0n) is 14.7. The van der Waals surface area contributed by atoms with Crippen molar-refractivity contribution in [2.24, 2.45) is 0 Å². The van der Waals surface area contributed by atoms with Crippen LogP contribution in [0.4, 0.5) is 0 Å². The zero-order chi connectivity index (χ0) is 19.6. The van der Waals surface area contributed by atoms with E-state index in [1.165, 1.54) is 23.9 Å². The number of carbonyl (C=O) groups is 2. The van der Waals surface area contributed by atoms with E-state index >= 15 is 0 Å². The smallest absolute Gasteiger partial charge is 0.302 e. The molecule has 2 atom stereocenters. The van der Waals surface area contributed by atoms with Crippen LogP contribution in [-0.2, 0) is 20.9 Å². The Morgan fingerprint density at radius 3 is 2.96 bits per heavy atom. The second-order valence-electron chi connectivity index (χ2n) is 6.55. The molecule has 2 heterocycles. The number of carbonyl (C=O) groups excluding carboxylic acids is 2. The summed E-state index contributed by atoms with van der Waals surface area (Å²) in [7, 11) is 0. The zero-order valence-corrected chi connectivity index (χ0v) is 17.0. The van der Waals surface area contributed by atoms with E-state index in [1.54, 1.807) is 6.07 Å². The molecule has 9 heteroatoms. The summed E-state index contributed by atoms with van der Waals surface area (Å²) in [6.07, 6.45) is 2.80. The molecule has 0 saturated carbocycles. The van der Waals surface area contributed by atoms with Gasteiger partial charge in [-0.05, 0) is 47.4 Å². The van der Waals surface area contributed by atoms with Gasteiger partial charge in [0.05, 0.1) is 34.8 Å². The number of fused-ring (bicyclic) bond motifs is 1. The van der Waals surface area contributed by atoms with Gasteiger partial charge in [-0.15, -0.1) is 0 Å². The third-order valence-corrected chi connectivity index (χ3v) is 5.70. The number of nitrogens with one attached hydrogen (secondary N) is 1. The van der Waals surface area contributed by atoms with Gasteiger partial charge < -0.3 is 10.1 Å². The number of aromatic nitrogens is 2. The molecule has 2 unspecified atom stereocenters. The van der Waals surface area contributed by atoms with Gasteiger partial charge in [-0.1, -0.05) is 11.6 Å². The Morgan fingerprint density at radius 2 is 2.22 bits per heavy atom. The monoisotopic (exact) mass is 455 g/mol. The van der Waals surface area contributed by atoms with Crippen LogP contribution in [0.2, 0.25) is 5.02 Å². The third-order valence-electron chi connectivity index (χ3n) is 4.50. The van der Waals surface area contributed by atoms with E-state index in [1.807, 2.05) is 0 Å². The van der Waals surface area contributed by atoms with Crippen molar-refractivity contribution in [1.82, 2.24) is 14.9 Å². The molecule has 0 amide bonds. The number of hydrogen-bond acceptors (Lipinski definition) is 6. The number of ether oxygens (including phenoxy) is 1. The number of nitrogens with zero attached hydrogens (tertiary/aromatic N) is 2. The van der Waals surface area contributed by atoms with E-state index in [-0.39, 0.29) is 42.4 Å². The normalized spacial score (nSPS) is 19.8. The Balaban J connectivity index is 1.75. The molecule has 144 valence electrons. The number of piperidine rings is 1. The van der Waals surface area contributed by atoms with Gasteiger partial charge in [-0.25, -0.2) is 4.98 Å². The molecule has 3 rings (SSSR count). The van der Waals surface area contributed by atoms with Crippen LogP contribution in [0.25, 0.3) is 10.9 Å². The molecule has 1 aromatic heterocycles. The number of rotatable bonds is 5. The lowest BCUT2D eigenvalue weighted by molar-refractivity contribution is -0.150. The summed E-state index contributed by atoms with van der Waals surface area (Å²) < 4.78 is 7.23. The Hall–Kier alpha value is -1.77. The standard InChI is InChI=1S/C18H19BrClN3O4/c1-10(24)27-17-3-2-4-21-16(17)5-11(25)8-23-9-22-15-7-13(19)14(20)6-12(15)18(23)26/h6-7,9,16-17,21H,2-5,8H2,1H3. The number of esters is 1. The highest BCUT2D eigenvalue weighted by Crippen LogP contribution is 2.25. The van der Waals surface area contributed by atoms with E-state index in [4.69, 9.17) is 16.3 Å². The lowest BCUT2D eigenvalue weighted by Crippen LogP contribution is -2.48. The van der Waals surface area contributed by atoms with Gasteiger partial charge in [0.15, 0.2) is 5.78 Å². The van der Waals surface area contributed by atoms with Gasteiger partial charge >= 0.3 is 5.97 Å². The average Bonchev–Trinajstić information content (AvgIpc) is 2.61. The Labute approximate surface area is 169 Å². The maximum Gasteiger partial charge on any atom is 0.302 e. The van der Waals surface area contributed by atoms with Crippen LogP contribution in [0.5, 0.6) is 0 Å². The Morgan fingerprint density at radius 1 is 1.44 bits per heavy atom. The van der Waals surface area contributed by atoms with Crippen LogP contribution in [0.15, 0.2) is 27.7 Å². The van der Waals surface area contributed by atoms with Gasteiger partial charge in [0.1, 0.15) is 6.10 Å². The van der Waals surface area contributed by atoms with E-state index < -0.39 is 0 Å². The summed E-state index contributed by atoms with van der Waals surface area (Å²) >= 11 is 9.36. The molecule has 1 aliphatic rings. The maximum atomic E-state index is 12.6. The van der Waals surface area contributed by atoms with Gasteiger partial charge in [0, 0.05) is 17.8 Å². The van der Waals surface area contributed by atoms with Crippen LogP contribution in [-0.4, -0.2) is 40.0 Å². The highest BCUT2D eigenvalue weighted by molar-refractivity contribution is 9.10. The average molecular weight is 457 g/mol. The van der Waals surface area contributed by atoms with Gasteiger partial charge in [-0.2, -0.15) is 0 Å². The minimum Gasteiger partial charge on any atom is -0.461 e. The molecule has 0 radical (unpaired) electrons. The van der Waals surface area contributed by atoms with Crippen LogP contribution in [0.3, 0.4) is 0 Å². The minimum absolute atomic E-state index is 0.0968. The van der Waals surface area contributed by atoms with Gasteiger partial charge in [0.2, 0.25) is 0 Å². The van der Waals surface area contributed by atoms with Crippen molar-refractivity contribution in [2.45, 2.75) is 44.9 Å². The molecule has 1 saturated heterocycles. The van der Waals surface area contributed by atoms with Crippen LogP contribution in [0.1, 0.15) is 26.2 Å². The quantitative estimate of drug-likeness (QED) is 0.695. The lowest BCUT2D eigenvalue weighted by Gasteiger charge is -2.31. The summed E-state index contributed by atoms with van der Waals surface area (Å²) in [4.78, 5) is 40.6. The van der Waals surface area contributed by atoms with E-state index in [9.17, 15) is 14.4 Å². The first kappa shape index (κ1) is 20.0. The number of benzene rings is 1. The lowest BCUT2D eigenvalue weighted by atomic mass is 9.96. The first-order valence-corrected chi connectivity index (χ1v) is 9.78. The fraction of sp³-hybridized carbons (Fsp3) is 0.444. The van der Waals surface area contributed by atoms with Crippen LogP contribution >= 0.6 is 27.5 Å². The van der Waals surface area contributed by atoms with Crippen molar-refractivity contribution >= 4 is 50.2 Å². The third kappa shape index (κ3) is 4.75. The van der Waals surface area contributed by atoms with Crippen molar-refractivity contribution in [2.75, 3.05) is 6.54 Å². The minimum atomic E-state index is -0.362. The molecular weight excluding hydrogens is 438 g/mol. The predicted octanol–water partition coefficient (Wildman–Crippen LogP) is 2.46. The molecule has 1 aliphatic heterocycles. The fourth-order valence-corrected chi connectivity index (χ4v) is 3.74. The van der Waals surface area contributed by atoms with Crippen LogP contribution < -0.4 is 10.9 Å². The molecule has 0 bridgehead atoms. The highest BCUT2D eigenvalue weighted by atomic mass is 79.9. The number of hydrogen-bond donors (Lipinski definition) is 1. The summed E-state index contributed by atoms with van der Waals surface area (Å²) in [6.45, 7) is 2.03. The SMILES string of the molecule is CC(=O)OC1CCCNC1CC(=O)Cn1cnc2cc(Br)c(Cl)cc2c1=O. The molecule has 1 N–H and O–H groups in total. The summed E-state index contributed by atoms with van der Waals surface area (Å²) in [5.74, 6) is -0.503. The summed E-state index contributed by atoms with van der Waals surface area (Å²) in [5, 5.41) is 3.98. The predicted molar refractivity (Wildman–Crippen MR) is 105 cm³/mol. The fourth-order valence-electron chi connectivity index (χ4n) is 3.25. The molecule has 7 nitrogen and oxygen atoms in total. The highest BCUT2D eigenvalue weighted by Gasteiger charge is 2.29.